The van der Waals surface area contributed by atoms with Crippen LogP contribution in [0.2, 0.25) is 0 Å². The lowest BCUT2D eigenvalue weighted by Crippen LogP contribution is -2.39. The molecule has 0 aliphatic rings. The van der Waals surface area contributed by atoms with Crippen LogP contribution < -0.4 is 5.32 Å². The van der Waals surface area contributed by atoms with Crippen molar-refractivity contribution in [3.8, 4) is 0 Å². The monoisotopic (exact) mass is 230 g/mol. The van der Waals surface area contributed by atoms with Gasteiger partial charge in [-0.3, -0.25) is 0 Å². The van der Waals surface area contributed by atoms with Crippen LogP contribution in [0.1, 0.15) is 17.5 Å². The van der Waals surface area contributed by atoms with Gasteiger partial charge >= 0.3 is 0 Å². The molecule has 5 heteroatoms. The van der Waals surface area contributed by atoms with E-state index in [4.69, 9.17) is 9.47 Å². The predicted octanol–water partition coefficient (Wildman–Crippen LogP) is 1.55. The van der Waals surface area contributed by atoms with E-state index >= 15 is 0 Å². The van der Waals surface area contributed by atoms with E-state index in [2.05, 4.69) is 10.3 Å². The highest BCUT2D eigenvalue weighted by Crippen LogP contribution is 2.12. The van der Waals surface area contributed by atoms with Crippen molar-refractivity contribution in [2.24, 2.45) is 0 Å². The van der Waals surface area contributed by atoms with Gasteiger partial charge in [0.25, 0.3) is 0 Å². The van der Waals surface area contributed by atoms with Crippen molar-refractivity contribution in [1.82, 2.24) is 10.3 Å². The van der Waals surface area contributed by atoms with Gasteiger partial charge < -0.3 is 14.8 Å². The van der Waals surface area contributed by atoms with Crippen LogP contribution in [0.3, 0.4) is 0 Å². The molecule has 0 aliphatic carbocycles. The molecule has 0 radical (unpaired) electrons. The van der Waals surface area contributed by atoms with Gasteiger partial charge in [-0.2, -0.15) is 0 Å². The van der Waals surface area contributed by atoms with Crippen molar-refractivity contribution >= 4 is 11.3 Å². The fourth-order valence-corrected chi connectivity index (χ4v) is 2.08. The van der Waals surface area contributed by atoms with Crippen LogP contribution in [0.25, 0.3) is 0 Å². The zero-order valence-corrected chi connectivity index (χ0v) is 10.4. The lowest BCUT2D eigenvalue weighted by Gasteiger charge is -2.21. The molecule has 1 aromatic rings. The molecule has 1 N–H and O–H groups in total. The zero-order valence-electron chi connectivity index (χ0n) is 9.61. The Labute approximate surface area is 94.6 Å². The summed E-state index contributed by atoms with van der Waals surface area (Å²) >= 11 is 1.66. The van der Waals surface area contributed by atoms with Gasteiger partial charge in [0.05, 0.1) is 17.2 Å². The average molecular weight is 230 g/mol. The van der Waals surface area contributed by atoms with Gasteiger partial charge in [-0.15, -0.1) is 11.3 Å². The molecule has 86 valence electrons. The van der Waals surface area contributed by atoms with Crippen LogP contribution in [0.15, 0.2) is 5.51 Å². The molecule has 0 saturated heterocycles. The molecule has 1 aromatic heterocycles. The molecule has 0 amide bonds. The maximum atomic E-state index is 5.16. The maximum Gasteiger partial charge on any atom is 0.171 e. The first-order chi connectivity index (χ1) is 7.19. The van der Waals surface area contributed by atoms with Gasteiger partial charge in [-0.05, 0) is 13.8 Å². The first-order valence-electron chi connectivity index (χ1n) is 4.87. The molecule has 0 bridgehead atoms. The standard InChI is InChI=1S/C10H18N2O2S/c1-7-9(15-6-12-7)5-11-8(2)10(13-3)14-4/h6,8,10-11H,5H2,1-4H3. The van der Waals surface area contributed by atoms with Crippen LogP contribution in [-0.2, 0) is 16.0 Å². The first kappa shape index (κ1) is 12.6. The SMILES string of the molecule is COC(OC)C(C)NCc1scnc1C. The van der Waals surface area contributed by atoms with E-state index in [1.54, 1.807) is 25.6 Å². The van der Waals surface area contributed by atoms with E-state index in [0.29, 0.717) is 0 Å². The van der Waals surface area contributed by atoms with E-state index in [9.17, 15) is 0 Å². The van der Waals surface area contributed by atoms with Gasteiger partial charge in [0.15, 0.2) is 6.29 Å². The summed E-state index contributed by atoms with van der Waals surface area (Å²) < 4.78 is 10.3. The summed E-state index contributed by atoms with van der Waals surface area (Å²) in [6.07, 6.45) is -0.210. The fourth-order valence-electron chi connectivity index (χ4n) is 1.35. The molecular formula is C10H18N2O2S. The number of ether oxygens (including phenoxy) is 2. The third-order valence-corrected chi connectivity index (χ3v) is 3.24. The minimum atomic E-state index is -0.210. The number of methoxy groups -OCH3 is 2. The highest BCUT2D eigenvalue weighted by Gasteiger charge is 2.15. The molecule has 1 unspecified atom stereocenters. The van der Waals surface area contributed by atoms with E-state index in [0.717, 1.165) is 12.2 Å². The van der Waals surface area contributed by atoms with Crippen LogP contribution in [-0.4, -0.2) is 31.5 Å². The van der Waals surface area contributed by atoms with Gasteiger partial charge in [0.2, 0.25) is 0 Å². The molecule has 1 heterocycles. The number of aromatic nitrogens is 1. The molecule has 1 atom stereocenters. The van der Waals surface area contributed by atoms with Crippen LogP contribution in [0, 0.1) is 6.92 Å². The lowest BCUT2D eigenvalue weighted by atomic mass is 10.3. The van der Waals surface area contributed by atoms with E-state index in [1.807, 2.05) is 19.4 Å². The van der Waals surface area contributed by atoms with Gasteiger partial charge in [-0.1, -0.05) is 0 Å². The highest BCUT2D eigenvalue weighted by atomic mass is 32.1. The topological polar surface area (TPSA) is 43.4 Å². The van der Waals surface area contributed by atoms with E-state index < -0.39 is 0 Å². The Balaban J connectivity index is 2.40. The van der Waals surface area contributed by atoms with Crippen LogP contribution in [0.5, 0.6) is 0 Å². The number of hydrogen-bond donors (Lipinski definition) is 1. The Hall–Kier alpha value is -0.490. The Morgan fingerprint density at radius 2 is 2.13 bits per heavy atom. The number of nitrogens with zero attached hydrogens (tertiary/aromatic N) is 1. The van der Waals surface area contributed by atoms with Crippen LogP contribution >= 0.6 is 11.3 Å². The quantitative estimate of drug-likeness (QED) is 0.753. The Morgan fingerprint density at radius 3 is 2.60 bits per heavy atom. The number of hydrogen-bond acceptors (Lipinski definition) is 5. The zero-order chi connectivity index (χ0) is 11.3. The molecule has 4 nitrogen and oxygen atoms in total. The molecule has 15 heavy (non-hydrogen) atoms. The molecule has 0 fully saturated rings. The smallest absolute Gasteiger partial charge is 0.171 e. The molecule has 1 rings (SSSR count). The minimum Gasteiger partial charge on any atom is -0.354 e. The summed E-state index contributed by atoms with van der Waals surface area (Å²) in [5, 5.41) is 3.35. The fraction of sp³-hybridized carbons (Fsp3) is 0.700. The summed E-state index contributed by atoms with van der Waals surface area (Å²) in [5.41, 5.74) is 2.95. The number of nitrogens with one attached hydrogen (secondary N) is 1. The minimum absolute atomic E-state index is 0.154. The summed E-state index contributed by atoms with van der Waals surface area (Å²) in [4.78, 5) is 5.45. The molecule has 0 aliphatic heterocycles. The molecular weight excluding hydrogens is 212 g/mol. The first-order valence-corrected chi connectivity index (χ1v) is 5.75. The second-order valence-electron chi connectivity index (χ2n) is 3.37. The predicted molar refractivity (Wildman–Crippen MR) is 61.0 cm³/mol. The second-order valence-corrected chi connectivity index (χ2v) is 4.31. The third-order valence-electron chi connectivity index (χ3n) is 2.30. The summed E-state index contributed by atoms with van der Waals surface area (Å²) in [7, 11) is 3.29. The summed E-state index contributed by atoms with van der Waals surface area (Å²) in [5.74, 6) is 0. The molecule has 0 saturated carbocycles. The normalized spacial score (nSPS) is 13.4. The average Bonchev–Trinajstić information content (AvgIpc) is 2.63. The van der Waals surface area contributed by atoms with Crippen molar-refractivity contribution < 1.29 is 9.47 Å². The largest absolute Gasteiger partial charge is 0.354 e. The maximum absolute atomic E-state index is 5.16. The van der Waals surface area contributed by atoms with Crippen LogP contribution in [0.4, 0.5) is 0 Å². The van der Waals surface area contributed by atoms with Gasteiger partial charge in [0, 0.05) is 25.6 Å². The van der Waals surface area contributed by atoms with E-state index in [1.165, 1.54) is 4.88 Å². The second kappa shape index (κ2) is 6.17. The van der Waals surface area contributed by atoms with E-state index in [-0.39, 0.29) is 12.3 Å². The number of aryl methyl sites for hydroxylation is 1. The molecule has 0 spiro atoms. The van der Waals surface area contributed by atoms with Gasteiger partial charge in [0.1, 0.15) is 0 Å². The van der Waals surface area contributed by atoms with Crippen molar-refractivity contribution in [1.29, 1.82) is 0 Å². The summed E-state index contributed by atoms with van der Waals surface area (Å²) in [6, 6.07) is 0.154. The molecule has 0 aromatic carbocycles. The Morgan fingerprint density at radius 1 is 1.47 bits per heavy atom. The van der Waals surface area contributed by atoms with Crippen molar-refractivity contribution in [2.45, 2.75) is 32.7 Å². The Bertz CT molecular complexity index is 287. The van der Waals surface area contributed by atoms with Crippen molar-refractivity contribution in [3.05, 3.63) is 16.1 Å². The third kappa shape index (κ3) is 3.53. The van der Waals surface area contributed by atoms with Crippen molar-refractivity contribution in [2.75, 3.05) is 14.2 Å². The highest BCUT2D eigenvalue weighted by molar-refractivity contribution is 7.09. The Kier molecular flexibility index (Phi) is 5.17. The number of rotatable bonds is 6. The number of thiazole rings is 1. The lowest BCUT2D eigenvalue weighted by molar-refractivity contribution is -0.119. The van der Waals surface area contributed by atoms with Crippen molar-refractivity contribution in [3.63, 3.8) is 0 Å². The van der Waals surface area contributed by atoms with Gasteiger partial charge in [-0.25, -0.2) is 4.98 Å². The summed E-state index contributed by atoms with van der Waals surface area (Å²) in [6.45, 7) is 4.86.